The minimum absolute atomic E-state index is 0.141. The summed E-state index contributed by atoms with van der Waals surface area (Å²) in [7, 11) is 1.34. The lowest BCUT2D eigenvalue weighted by molar-refractivity contribution is -0.140. The fourth-order valence-corrected chi connectivity index (χ4v) is 1.65. The molecule has 0 aliphatic carbocycles. The molecule has 94 valence electrons. The van der Waals surface area contributed by atoms with Gasteiger partial charge in [-0.25, -0.2) is 9.97 Å². The first kappa shape index (κ1) is 12.2. The fraction of sp³-hybridized carbons (Fsp3) is 0.333. The minimum Gasteiger partial charge on any atom is -0.469 e. The summed E-state index contributed by atoms with van der Waals surface area (Å²) in [6.45, 7) is 0.436. The van der Waals surface area contributed by atoms with Crippen LogP contribution in [0.2, 0.25) is 0 Å². The van der Waals surface area contributed by atoms with Gasteiger partial charge >= 0.3 is 5.97 Å². The van der Waals surface area contributed by atoms with Gasteiger partial charge in [-0.1, -0.05) is 0 Å². The van der Waals surface area contributed by atoms with Crippen LogP contribution >= 0.6 is 0 Å². The molecule has 0 N–H and O–H groups in total. The molecule has 2 heterocycles. The van der Waals surface area contributed by atoms with E-state index in [2.05, 4.69) is 14.7 Å². The molecule has 2 rings (SSSR count). The number of aromatic nitrogens is 3. The number of carbonyl (C=O) groups is 1. The molecule has 0 aliphatic heterocycles. The third-order valence-electron chi connectivity index (χ3n) is 2.60. The van der Waals surface area contributed by atoms with E-state index in [4.69, 9.17) is 0 Å². The van der Waals surface area contributed by atoms with Gasteiger partial charge in [0, 0.05) is 19.2 Å². The largest absolute Gasteiger partial charge is 0.469 e. The lowest BCUT2D eigenvalue weighted by Crippen LogP contribution is -2.21. The molecule has 0 saturated heterocycles. The monoisotopic (exact) mass is 247 g/mol. The maximum absolute atomic E-state index is 12.0. The van der Waals surface area contributed by atoms with Gasteiger partial charge in [0.05, 0.1) is 18.8 Å². The summed E-state index contributed by atoms with van der Waals surface area (Å²) in [5.74, 6) is -0.279. The SMILES string of the molecule is COC(=O)CCCn1cnc2ncccc2c1=O. The van der Waals surface area contributed by atoms with Crippen LogP contribution < -0.4 is 5.56 Å². The Morgan fingerprint density at radius 3 is 3.06 bits per heavy atom. The standard InChI is InChI=1S/C12H13N3O3/c1-18-10(16)5-3-7-15-8-14-11-9(12(15)17)4-2-6-13-11/h2,4,6,8H,3,5,7H2,1H3. The molecule has 0 fully saturated rings. The van der Waals surface area contributed by atoms with E-state index in [0.29, 0.717) is 24.0 Å². The van der Waals surface area contributed by atoms with Gasteiger partial charge < -0.3 is 4.74 Å². The average molecular weight is 247 g/mol. The second-order valence-corrected chi connectivity index (χ2v) is 3.80. The van der Waals surface area contributed by atoms with Crippen LogP contribution in [0, 0.1) is 0 Å². The number of pyridine rings is 1. The molecule has 2 aromatic rings. The van der Waals surface area contributed by atoms with Crippen molar-refractivity contribution in [2.75, 3.05) is 7.11 Å². The first-order valence-electron chi connectivity index (χ1n) is 5.59. The van der Waals surface area contributed by atoms with E-state index in [1.165, 1.54) is 18.0 Å². The molecule has 0 atom stereocenters. The number of nitrogens with zero attached hydrogens (tertiary/aromatic N) is 3. The summed E-state index contributed by atoms with van der Waals surface area (Å²) < 4.78 is 6.02. The number of rotatable bonds is 4. The molecule has 0 bridgehead atoms. The maximum atomic E-state index is 12.0. The Balaban J connectivity index is 2.17. The Bertz CT molecular complexity index is 621. The Morgan fingerprint density at radius 1 is 1.44 bits per heavy atom. The molecule has 6 nitrogen and oxygen atoms in total. The predicted octanol–water partition coefficient (Wildman–Crippen LogP) is 0.745. The van der Waals surface area contributed by atoms with E-state index in [-0.39, 0.29) is 17.9 Å². The second kappa shape index (κ2) is 5.39. The van der Waals surface area contributed by atoms with Gasteiger partial charge in [-0.15, -0.1) is 0 Å². The number of ether oxygens (including phenoxy) is 1. The van der Waals surface area contributed by atoms with Crippen molar-refractivity contribution in [2.45, 2.75) is 19.4 Å². The zero-order valence-electron chi connectivity index (χ0n) is 10.00. The summed E-state index contributed by atoms with van der Waals surface area (Å²) in [6, 6.07) is 3.39. The van der Waals surface area contributed by atoms with E-state index in [1.807, 2.05) is 0 Å². The van der Waals surface area contributed by atoms with E-state index in [1.54, 1.807) is 18.3 Å². The molecule has 0 aromatic carbocycles. The third kappa shape index (κ3) is 2.53. The number of hydrogen-bond acceptors (Lipinski definition) is 5. The summed E-state index contributed by atoms with van der Waals surface area (Å²) in [4.78, 5) is 31.1. The van der Waals surface area contributed by atoms with E-state index >= 15 is 0 Å². The molecule has 0 unspecified atom stereocenters. The normalized spacial score (nSPS) is 10.5. The van der Waals surface area contributed by atoms with E-state index < -0.39 is 0 Å². The van der Waals surface area contributed by atoms with Gasteiger partial charge in [-0.2, -0.15) is 0 Å². The van der Waals surface area contributed by atoms with Gasteiger partial charge in [-0.3, -0.25) is 14.2 Å². The van der Waals surface area contributed by atoms with Gasteiger partial charge in [-0.05, 0) is 18.6 Å². The highest BCUT2D eigenvalue weighted by Gasteiger charge is 2.05. The topological polar surface area (TPSA) is 74.1 Å². The zero-order chi connectivity index (χ0) is 13.0. The van der Waals surface area contributed by atoms with Crippen molar-refractivity contribution in [2.24, 2.45) is 0 Å². The van der Waals surface area contributed by atoms with Crippen molar-refractivity contribution in [1.29, 1.82) is 0 Å². The molecule has 0 amide bonds. The number of aryl methyl sites for hydroxylation is 1. The number of fused-ring (bicyclic) bond motifs is 1. The molecule has 2 aromatic heterocycles. The summed E-state index contributed by atoms with van der Waals surface area (Å²) >= 11 is 0. The Kier molecular flexibility index (Phi) is 3.66. The molecule has 0 radical (unpaired) electrons. The highest BCUT2D eigenvalue weighted by molar-refractivity contribution is 5.72. The van der Waals surface area contributed by atoms with Crippen LogP contribution in [-0.2, 0) is 16.1 Å². The van der Waals surface area contributed by atoms with Gasteiger partial charge in [0.25, 0.3) is 5.56 Å². The molecule has 6 heteroatoms. The van der Waals surface area contributed by atoms with Gasteiger partial charge in [0.2, 0.25) is 0 Å². The Hall–Kier alpha value is -2.24. The van der Waals surface area contributed by atoms with Crippen molar-refractivity contribution in [1.82, 2.24) is 14.5 Å². The number of hydrogen-bond donors (Lipinski definition) is 0. The first-order chi connectivity index (χ1) is 8.72. The average Bonchev–Trinajstić information content (AvgIpc) is 2.41. The number of methoxy groups -OCH3 is 1. The van der Waals surface area contributed by atoms with Crippen LogP contribution in [0.4, 0.5) is 0 Å². The number of carbonyl (C=O) groups excluding carboxylic acids is 1. The number of esters is 1. The Morgan fingerprint density at radius 2 is 2.28 bits per heavy atom. The van der Waals surface area contributed by atoms with Crippen molar-refractivity contribution in [3.05, 3.63) is 35.0 Å². The van der Waals surface area contributed by atoms with Crippen LogP contribution in [-0.4, -0.2) is 27.6 Å². The zero-order valence-corrected chi connectivity index (χ0v) is 10.00. The maximum Gasteiger partial charge on any atom is 0.305 e. The lowest BCUT2D eigenvalue weighted by Gasteiger charge is -2.05. The fourth-order valence-electron chi connectivity index (χ4n) is 1.65. The first-order valence-corrected chi connectivity index (χ1v) is 5.59. The van der Waals surface area contributed by atoms with E-state index in [9.17, 15) is 9.59 Å². The Labute approximate surface area is 103 Å². The second-order valence-electron chi connectivity index (χ2n) is 3.80. The van der Waals surface area contributed by atoms with Crippen LogP contribution in [0.5, 0.6) is 0 Å². The van der Waals surface area contributed by atoms with Crippen LogP contribution in [0.3, 0.4) is 0 Å². The highest BCUT2D eigenvalue weighted by Crippen LogP contribution is 2.02. The van der Waals surface area contributed by atoms with Gasteiger partial charge in [0.1, 0.15) is 0 Å². The quantitative estimate of drug-likeness (QED) is 0.745. The molecule has 18 heavy (non-hydrogen) atoms. The van der Waals surface area contributed by atoms with Crippen LogP contribution in [0.25, 0.3) is 11.0 Å². The van der Waals surface area contributed by atoms with Gasteiger partial charge in [0.15, 0.2) is 5.65 Å². The van der Waals surface area contributed by atoms with Crippen molar-refractivity contribution in [3.8, 4) is 0 Å². The lowest BCUT2D eigenvalue weighted by atomic mass is 10.3. The molecule has 0 aliphatic rings. The smallest absolute Gasteiger partial charge is 0.305 e. The van der Waals surface area contributed by atoms with Crippen molar-refractivity contribution < 1.29 is 9.53 Å². The summed E-state index contributed by atoms with van der Waals surface area (Å²) in [6.07, 6.45) is 3.87. The summed E-state index contributed by atoms with van der Waals surface area (Å²) in [5.41, 5.74) is 0.296. The van der Waals surface area contributed by atoms with Crippen molar-refractivity contribution >= 4 is 17.0 Å². The molecule has 0 saturated carbocycles. The third-order valence-corrected chi connectivity index (χ3v) is 2.60. The minimum atomic E-state index is -0.279. The predicted molar refractivity (Wildman–Crippen MR) is 65.0 cm³/mol. The van der Waals surface area contributed by atoms with Crippen LogP contribution in [0.1, 0.15) is 12.8 Å². The van der Waals surface area contributed by atoms with Crippen LogP contribution in [0.15, 0.2) is 29.5 Å². The van der Waals surface area contributed by atoms with Crippen molar-refractivity contribution in [3.63, 3.8) is 0 Å². The summed E-state index contributed by atoms with van der Waals surface area (Å²) in [5, 5.41) is 0.484. The molecular formula is C12H13N3O3. The highest BCUT2D eigenvalue weighted by atomic mass is 16.5. The molecule has 0 spiro atoms. The molecular weight excluding hydrogens is 234 g/mol. The van der Waals surface area contributed by atoms with E-state index in [0.717, 1.165) is 0 Å².